The highest BCUT2D eigenvalue weighted by molar-refractivity contribution is 7.89. The summed E-state index contributed by atoms with van der Waals surface area (Å²) in [4.78, 5) is 16.4. The van der Waals surface area contributed by atoms with Crippen molar-refractivity contribution in [3.05, 3.63) is 81.3 Å². The van der Waals surface area contributed by atoms with Crippen molar-refractivity contribution in [1.29, 1.82) is 0 Å². The molecule has 192 valence electrons. The lowest BCUT2D eigenvalue weighted by molar-refractivity contribution is -0.135. The molecule has 7 nitrogen and oxygen atoms in total. The van der Waals surface area contributed by atoms with Crippen LogP contribution in [0.25, 0.3) is 0 Å². The molecule has 0 radical (unpaired) electrons. The molecule has 36 heavy (non-hydrogen) atoms. The quantitative estimate of drug-likeness (QED) is 0.373. The fourth-order valence-corrected chi connectivity index (χ4v) is 6.48. The molecule has 1 aliphatic heterocycles. The number of carbonyl (C=O) groups excluding carboxylic acids is 1. The Morgan fingerprint density at radius 2 is 1.89 bits per heavy atom. The maximum Gasteiger partial charge on any atom is 0.243 e. The number of fused-ring (bicyclic) bond motifs is 1. The zero-order chi connectivity index (χ0) is 25.7. The number of methoxy groups -OCH3 is 1. The van der Waals surface area contributed by atoms with Gasteiger partial charge in [-0.3, -0.25) is 4.79 Å². The van der Waals surface area contributed by atoms with Crippen molar-refractivity contribution in [2.24, 2.45) is 0 Å². The van der Waals surface area contributed by atoms with Gasteiger partial charge in [0.15, 0.2) is 0 Å². The molecule has 1 aromatic heterocycles. The monoisotopic (exact) mass is 552 g/mol. The van der Waals surface area contributed by atoms with Crippen LogP contribution in [0.5, 0.6) is 5.75 Å². The smallest absolute Gasteiger partial charge is 0.243 e. The standard InChI is InChI=1S/C25H26ClFN2O5S2/c1-33-14-13-28(36(31,32)21-8-2-18(26)3-9-21)16-25(30)29-12-10-24-22(11-15-35-24)23(29)17-34-20-6-4-19(27)5-7-20/h2-9,11,15,23H,10,12-14,16-17H2,1H3/t23-/m1/s1. The normalized spacial score (nSPS) is 15.7. The summed E-state index contributed by atoms with van der Waals surface area (Å²) in [5.41, 5.74) is 0.978. The number of sulfonamides is 1. The van der Waals surface area contributed by atoms with E-state index >= 15 is 0 Å². The minimum atomic E-state index is -3.97. The highest BCUT2D eigenvalue weighted by atomic mass is 35.5. The summed E-state index contributed by atoms with van der Waals surface area (Å²) < 4.78 is 52.1. The van der Waals surface area contributed by atoms with Crippen LogP contribution in [0, 0.1) is 5.82 Å². The van der Waals surface area contributed by atoms with Crippen LogP contribution in [0.4, 0.5) is 4.39 Å². The zero-order valence-electron chi connectivity index (χ0n) is 19.6. The maximum atomic E-state index is 13.6. The highest BCUT2D eigenvalue weighted by Crippen LogP contribution is 2.34. The third-order valence-electron chi connectivity index (χ3n) is 5.94. The van der Waals surface area contributed by atoms with Crippen LogP contribution >= 0.6 is 22.9 Å². The lowest BCUT2D eigenvalue weighted by Crippen LogP contribution is -2.48. The first-order valence-corrected chi connectivity index (χ1v) is 14.0. The van der Waals surface area contributed by atoms with Crippen LogP contribution in [-0.2, 0) is 26.0 Å². The van der Waals surface area contributed by atoms with Gasteiger partial charge in [0, 0.05) is 30.1 Å². The van der Waals surface area contributed by atoms with E-state index < -0.39 is 16.1 Å². The van der Waals surface area contributed by atoms with E-state index in [2.05, 4.69) is 0 Å². The molecule has 4 rings (SSSR count). The number of benzene rings is 2. The molecule has 3 aromatic rings. The Balaban J connectivity index is 1.55. The molecule has 2 aromatic carbocycles. The minimum Gasteiger partial charge on any atom is -0.491 e. The van der Waals surface area contributed by atoms with Crippen molar-refractivity contribution in [2.75, 3.05) is 40.0 Å². The lowest BCUT2D eigenvalue weighted by atomic mass is 10.0. The fraction of sp³-hybridized carbons (Fsp3) is 0.320. The first-order chi connectivity index (χ1) is 17.3. The Morgan fingerprint density at radius 3 is 2.58 bits per heavy atom. The van der Waals surface area contributed by atoms with Gasteiger partial charge in [-0.05, 0) is 72.0 Å². The topological polar surface area (TPSA) is 76.2 Å². The SMILES string of the molecule is COCCN(CC(=O)N1CCc2sccc2[C@H]1COc1ccc(F)cc1)S(=O)(=O)c1ccc(Cl)cc1. The molecule has 0 fully saturated rings. The number of halogens is 2. The number of carbonyl (C=O) groups is 1. The largest absolute Gasteiger partial charge is 0.491 e. The molecule has 1 atom stereocenters. The van der Waals surface area contributed by atoms with Crippen LogP contribution in [-0.4, -0.2) is 63.5 Å². The molecule has 1 amide bonds. The predicted octanol–water partition coefficient (Wildman–Crippen LogP) is 4.38. The van der Waals surface area contributed by atoms with Crippen molar-refractivity contribution < 1.29 is 27.1 Å². The molecule has 11 heteroatoms. The lowest BCUT2D eigenvalue weighted by Gasteiger charge is -2.37. The summed E-state index contributed by atoms with van der Waals surface area (Å²) >= 11 is 7.54. The van der Waals surface area contributed by atoms with E-state index in [0.717, 1.165) is 14.7 Å². The van der Waals surface area contributed by atoms with Gasteiger partial charge in [-0.15, -0.1) is 11.3 Å². The third kappa shape index (κ3) is 6.07. The number of hydrogen-bond donors (Lipinski definition) is 0. The van der Waals surface area contributed by atoms with E-state index in [9.17, 15) is 17.6 Å². The summed E-state index contributed by atoms with van der Waals surface area (Å²) in [6, 6.07) is 13.1. The van der Waals surface area contributed by atoms with Crippen LogP contribution in [0.2, 0.25) is 5.02 Å². The van der Waals surface area contributed by atoms with E-state index in [1.165, 1.54) is 55.6 Å². The van der Waals surface area contributed by atoms with Crippen LogP contribution in [0.1, 0.15) is 16.5 Å². The van der Waals surface area contributed by atoms with Crippen LogP contribution in [0.3, 0.4) is 0 Å². The number of rotatable bonds is 10. The molecular formula is C25H26ClFN2O5S2. The molecule has 2 heterocycles. The summed E-state index contributed by atoms with van der Waals surface area (Å²) in [7, 11) is -2.50. The molecule has 0 unspecified atom stereocenters. The Kier molecular flexibility index (Phi) is 8.63. The number of ether oxygens (including phenoxy) is 2. The number of hydrogen-bond acceptors (Lipinski definition) is 6. The first-order valence-electron chi connectivity index (χ1n) is 11.3. The van der Waals surface area contributed by atoms with Gasteiger partial charge in [0.25, 0.3) is 0 Å². The highest BCUT2D eigenvalue weighted by Gasteiger charge is 2.35. The number of thiophene rings is 1. The van der Waals surface area contributed by atoms with Crippen molar-refractivity contribution in [3.8, 4) is 5.75 Å². The predicted molar refractivity (Wildman–Crippen MR) is 136 cm³/mol. The van der Waals surface area contributed by atoms with E-state index in [0.29, 0.717) is 23.7 Å². The van der Waals surface area contributed by atoms with Gasteiger partial charge in [0.1, 0.15) is 18.2 Å². The first kappa shape index (κ1) is 26.6. The summed E-state index contributed by atoms with van der Waals surface area (Å²) in [6.45, 7) is 0.389. The average molecular weight is 553 g/mol. The van der Waals surface area contributed by atoms with E-state index in [1.807, 2.05) is 11.4 Å². The van der Waals surface area contributed by atoms with Gasteiger partial charge < -0.3 is 14.4 Å². The molecule has 0 N–H and O–H groups in total. The molecule has 0 aliphatic carbocycles. The second-order valence-corrected chi connectivity index (χ2v) is 11.6. The summed E-state index contributed by atoms with van der Waals surface area (Å²) in [5.74, 6) is -0.221. The second-order valence-electron chi connectivity index (χ2n) is 8.20. The number of amides is 1. The molecule has 0 spiro atoms. The molecule has 0 bridgehead atoms. The van der Waals surface area contributed by atoms with Gasteiger partial charge in [-0.1, -0.05) is 11.6 Å². The van der Waals surface area contributed by atoms with Gasteiger partial charge in [-0.25, -0.2) is 12.8 Å². The van der Waals surface area contributed by atoms with Gasteiger partial charge >= 0.3 is 0 Å². The summed E-state index contributed by atoms with van der Waals surface area (Å²) in [6.07, 6.45) is 0.674. The Morgan fingerprint density at radius 1 is 1.17 bits per heavy atom. The molecule has 1 aliphatic rings. The Bertz CT molecular complexity index is 1280. The van der Waals surface area contributed by atoms with Crippen molar-refractivity contribution in [1.82, 2.24) is 9.21 Å². The van der Waals surface area contributed by atoms with Gasteiger partial charge in [-0.2, -0.15) is 4.31 Å². The Labute approximate surface area is 219 Å². The molecule has 0 saturated heterocycles. The van der Waals surface area contributed by atoms with Crippen LogP contribution < -0.4 is 4.74 Å². The van der Waals surface area contributed by atoms with Gasteiger partial charge in [0.2, 0.25) is 15.9 Å². The van der Waals surface area contributed by atoms with E-state index in [1.54, 1.807) is 16.2 Å². The average Bonchev–Trinajstić information content (AvgIpc) is 3.35. The van der Waals surface area contributed by atoms with E-state index in [-0.39, 0.29) is 42.9 Å². The zero-order valence-corrected chi connectivity index (χ0v) is 22.0. The third-order valence-corrected chi connectivity index (χ3v) is 9.05. The van der Waals surface area contributed by atoms with Crippen molar-refractivity contribution >= 4 is 38.9 Å². The summed E-state index contributed by atoms with van der Waals surface area (Å²) in [5, 5.41) is 2.39. The fourth-order valence-electron chi connectivity index (χ4n) is 4.06. The van der Waals surface area contributed by atoms with E-state index in [4.69, 9.17) is 21.1 Å². The second kappa shape index (κ2) is 11.7. The van der Waals surface area contributed by atoms with Gasteiger partial charge in [0.05, 0.1) is 24.1 Å². The minimum absolute atomic E-state index is 0.0154. The number of nitrogens with zero attached hydrogens (tertiary/aromatic N) is 2. The maximum absolute atomic E-state index is 13.6. The molecular weight excluding hydrogens is 527 g/mol. The Hall–Kier alpha value is -2.50. The molecule has 0 saturated carbocycles. The van der Waals surface area contributed by atoms with Crippen molar-refractivity contribution in [3.63, 3.8) is 0 Å². The van der Waals surface area contributed by atoms with Crippen LogP contribution in [0.15, 0.2) is 64.9 Å². The van der Waals surface area contributed by atoms with Crippen molar-refractivity contribution in [2.45, 2.75) is 17.4 Å².